The van der Waals surface area contributed by atoms with Gasteiger partial charge >= 0.3 is 0 Å². The molecular formula is C19H18FN3O2. The summed E-state index contributed by atoms with van der Waals surface area (Å²) in [6.45, 7) is 0.674. The largest absolute Gasteiger partial charge is 0.494 e. The third-order valence-corrected chi connectivity index (χ3v) is 3.72. The lowest BCUT2D eigenvalue weighted by atomic mass is 10.1. The second-order valence-electron chi connectivity index (χ2n) is 5.63. The van der Waals surface area contributed by atoms with Gasteiger partial charge in [0.15, 0.2) is 11.6 Å². The molecule has 3 aromatic rings. The van der Waals surface area contributed by atoms with Gasteiger partial charge in [-0.1, -0.05) is 18.2 Å². The molecule has 1 aromatic heterocycles. The van der Waals surface area contributed by atoms with Crippen molar-refractivity contribution in [3.63, 3.8) is 0 Å². The maximum atomic E-state index is 13.7. The van der Waals surface area contributed by atoms with Crippen LogP contribution in [-0.4, -0.2) is 22.6 Å². The van der Waals surface area contributed by atoms with Crippen molar-refractivity contribution in [1.29, 1.82) is 0 Å². The molecule has 6 heteroatoms. The third-order valence-electron chi connectivity index (χ3n) is 3.72. The van der Waals surface area contributed by atoms with E-state index in [4.69, 9.17) is 4.74 Å². The van der Waals surface area contributed by atoms with Crippen molar-refractivity contribution in [3.8, 4) is 5.75 Å². The first-order valence-electron chi connectivity index (χ1n) is 7.81. The van der Waals surface area contributed by atoms with Crippen LogP contribution in [0.2, 0.25) is 0 Å². The lowest BCUT2D eigenvalue weighted by Gasteiger charge is -2.09. The first-order chi connectivity index (χ1) is 12.1. The summed E-state index contributed by atoms with van der Waals surface area (Å²) < 4.78 is 20.5. The number of rotatable bonds is 6. The average molecular weight is 339 g/mol. The molecule has 3 rings (SSSR count). The smallest absolute Gasteiger partial charge is 0.228 e. The molecule has 1 N–H and O–H groups in total. The minimum atomic E-state index is -0.477. The highest BCUT2D eigenvalue weighted by atomic mass is 19.1. The quantitative estimate of drug-likeness (QED) is 0.750. The van der Waals surface area contributed by atoms with Gasteiger partial charge in [-0.25, -0.2) is 9.37 Å². The van der Waals surface area contributed by atoms with Gasteiger partial charge in [0.1, 0.15) is 0 Å². The minimum Gasteiger partial charge on any atom is -0.494 e. The Balaban J connectivity index is 1.63. The number of hydrogen-bond donors (Lipinski definition) is 1. The fraction of sp³-hybridized carbons (Fsp3) is 0.158. The predicted molar refractivity (Wildman–Crippen MR) is 93.1 cm³/mol. The summed E-state index contributed by atoms with van der Waals surface area (Å²) in [5, 5.41) is 2.84. The number of methoxy groups -OCH3 is 1. The highest BCUT2D eigenvalue weighted by molar-refractivity contribution is 5.92. The Hall–Kier alpha value is -3.15. The number of nitrogens with one attached hydrogen (secondary N) is 1. The van der Waals surface area contributed by atoms with Crippen LogP contribution in [0.4, 0.5) is 10.1 Å². The van der Waals surface area contributed by atoms with Crippen LogP contribution in [0.15, 0.2) is 61.2 Å². The summed E-state index contributed by atoms with van der Waals surface area (Å²) in [6, 6.07) is 12.1. The van der Waals surface area contributed by atoms with E-state index in [1.807, 2.05) is 35.0 Å². The molecule has 0 spiro atoms. The van der Waals surface area contributed by atoms with E-state index in [1.165, 1.54) is 19.2 Å². The van der Waals surface area contributed by atoms with Crippen molar-refractivity contribution in [1.82, 2.24) is 9.55 Å². The van der Waals surface area contributed by atoms with Crippen LogP contribution >= 0.6 is 0 Å². The number of anilines is 1. The standard InChI is InChI=1S/C19H18FN3O2/c1-25-18-6-5-14(10-17(18)20)11-19(24)22-16-4-2-3-15(9-16)12-23-8-7-21-13-23/h2-10,13H,11-12H2,1H3,(H,22,24). The first kappa shape index (κ1) is 16.7. The predicted octanol–water partition coefficient (Wildman–Crippen LogP) is 3.26. The molecule has 0 aliphatic rings. The van der Waals surface area contributed by atoms with E-state index < -0.39 is 5.82 Å². The molecule has 0 aliphatic carbocycles. The zero-order valence-electron chi connectivity index (χ0n) is 13.8. The van der Waals surface area contributed by atoms with Crippen molar-refractivity contribution < 1.29 is 13.9 Å². The number of carbonyl (C=O) groups is 1. The number of nitrogens with zero attached hydrogens (tertiary/aromatic N) is 2. The van der Waals surface area contributed by atoms with Gasteiger partial charge in [-0.2, -0.15) is 0 Å². The number of aromatic nitrogens is 2. The van der Waals surface area contributed by atoms with Crippen LogP contribution in [-0.2, 0) is 17.8 Å². The van der Waals surface area contributed by atoms with Gasteiger partial charge in [-0.3, -0.25) is 4.79 Å². The van der Waals surface area contributed by atoms with E-state index in [1.54, 1.807) is 18.6 Å². The molecule has 0 radical (unpaired) electrons. The Morgan fingerprint density at radius 1 is 1.24 bits per heavy atom. The molecule has 128 valence electrons. The fourth-order valence-electron chi connectivity index (χ4n) is 2.55. The molecule has 0 saturated heterocycles. The summed E-state index contributed by atoms with van der Waals surface area (Å²) in [5.41, 5.74) is 2.34. The van der Waals surface area contributed by atoms with Gasteiger partial charge in [0, 0.05) is 24.6 Å². The topological polar surface area (TPSA) is 56.1 Å². The Morgan fingerprint density at radius 2 is 2.12 bits per heavy atom. The molecule has 1 amide bonds. The molecule has 1 heterocycles. The number of carbonyl (C=O) groups excluding carboxylic acids is 1. The molecule has 0 unspecified atom stereocenters. The molecule has 0 fully saturated rings. The SMILES string of the molecule is COc1ccc(CC(=O)Nc2cccc(Cn3ccnc3)c2)cc1F. The molecule has 2 aromatic carbocycles. The summed E-state index contributed by atoms with van der Waals surface area (Å²) in [4.78, 5) is 16.2. The van der Waals surface area contributed by atoms with Gasteiger partial charge in [-0.15, -0.1) is 0 Å². The Labute approximate surface area is 145 Å². The lowest BCUT2D eigenvalue weighted by molar-refractivity contribution is -0.115. The van der Waals surface area contributed by atoms with Crippen LogP contribution in [0.1, 0.15) is 11.1 Å². The van der Waals surface area contributed by atoms with Gasteiger partial charge in [-0.05, 0) is 35.4 Å². The molecule has 0 atom stereocenters. The third kappa shape index (κ3) is 4.44. The van der Waals surface area contributed by atoms with Crippen molar-refractivity contribution >= 4 is 11.6 Å². The number of benzene rings is 2. The second kappa shape index (κ2) is 7.61. The average Bonchev–Trinajstić information content (AvgIpc) is 3.08. The van der Waals surface area contributed by atoms with Gasteiger partial charge in [0.2, 0.25) is 5.91 Å². The monoisotopic (exact) mass is 339 g/mol. The van der Waals surface area contributed by atoms with E-state index in [2.05, 4.69) is 10.3 Å². The normalized spacial score (nSPS) is 10.5. The molecule has 0 aliphatic heterocycles. The molecule has 0 bridgehead atoms. The van der Waals surface area contributed by atoms with Gasteiger partial charge in [0.05, 0.1) is 19.9 Å². The second-order valence-corrected chi connectivity index (χ2v) is 5.63. The first-order valence-corrected chi connectivity index (χ1v) is 7.81. The number of imidazole rings is 1. The van der Waals surface area contributed by atoms with Crippen molar-refractivity contribution in [2.24, 2.45) is 0 Å². The summed E-state index contributed by atoms with van der Waals surface area (Å²) >= 11 is 0. The number of ether oxygens (including phenoxy) is 1. The van der Waals surface area contributed by atoms with Crippen LogP contribution in [0.3, 0.4) is 0 Å². The number of hydrogen-bond acceptors (Lipinski definition) is 3. The van der Waals surface area contributed by atoms with Crippen LogP contribution in [0, 0.1) is 5.82 Å². The minimum absolute atomic E-state index is 0.0899. The molecular weight excluding hydrogens is 321 g/mol. The Kier molecular flexibility index (Phi) is 5.09. The molecule has 25 heavy (non-hydrogen) atoms. The number of amides is 1. The van der Waals surface area contributed by atoms with E-state index in [-0.39, 0.29) is 18.1 Å². The maximum absolute atomic E-state index is 13.7. The maximum Gasteiger partial charge on any atom is 0.228 e. The summed E-state index contributed by atoms with van der Waals surface area (Å²) in [5.74, 6) is -0.518. The zero-order chi connectivity index (χ0) is 17.6. The molecule has 0 saturated carbocycles. The van der Waals surface area contributed by atoms with Crippen molar-refractivity contribution in [3.05, 3.63) is 78.1 Å². The van der Waals surface area contributed by atoms with Crippen LogP contribution < -0.4 is 10.1 Å². The van der Waals surface area contributed by atoms with Crippen LogP contribution in [0.5, 0.6) is 5.75 Å². The van der Waals surface area contributed by atoms with E-state index in [0.29, 0.717) is 17.8 Å². The highest BCUT2D eigenvalue weighted by Crippen LogP contribution is 2.18. The summed E-state index contributed by atoms with van der Waals surface area (Å²) in [7, 11) is 1.40. The van der Waals surface area contributed by atoms with Gasteiger partial charge < -0.3 is 14.6 Å². The van der Waals surface area contributed by atoms with Crippen molar-refractivity contribution in [2.45, 2.75) is 13.0 Å². The van der Waals surface area contributed by atoms with E-state index in [9.17, 15) is 9.18 Å². The lowest BCUT2D eigenvalue weighted by Crippen LogP contribution is -2.14. The van der Waals surface area contributed by atoms with Crippen LogP contribution in [0.25, 0.3) is 0 Å². The van der Waals surface area contributed by atoms with Gasteiger partial charge in [0.25, 0.3) is 0 Å². The van der Waals surface area contributed by atoms with Crippen molar-refractivity contribution in [2.75, 3.05) is 12.4 Å². The molecule has 5 nitrogen and oxygen atoms in total. The zero-order valence-corrected chi connectivity index (χ0v) is 13.8. The highest BCUT2D eigenvalue weighted by Gasteiger charge is 2.08. The summed E-state index contributed by atoms with van der Waals surface area (Å²) in [6.07, 6.45) is 5.43. The van der Waals surface area contributed by atoms with E-state index in [0.717, 1.165) is 5.56 Å². The van der Waals surface area contributed by atoms with E-state index >= 15 is 0 Å². The Morgan fingerprint density at radius 3 is 2.84 bits per heavy atom. The Bertz CT molecular complexity index is 863. The number of halogens is 1. The fourth-order valence-corrected chi connectivity index (χ4v) is 2.55.